The van der Waals surface area contributed by atoms with Crippen LogP contribution in [-0.4, -0.2) is 25.0 Å². The van der Waals surface area contributed by atoms with Crippen molar-refractivity contribution in [3.63, 3.8) is 0 Å². The van der Waals surface area contributed by atoms with E-state index in [2.05, 4.69) is 10.3 Å². The number of carbonyl (C=O) groups excluding carboxylic acids is 1. The lowest BCUT2D eigenvalue weighted by Crippen LogP contribution is -2.17. The summed E-state index contributed by atoms with van der Waals surface area (Å²) in [6, 6.07) is 11.7. The SMILES string of the molecule is CN(C)c1ccc(Cl)cc1NC(=O)c1cnccc1Oc1cc(Cl)ccc1Cl. The lowest BCUT2D eigenvalue weighted by atomic mass is 10.2. The van der Waals surface area contributed by atoms with Gasteiger partial charge in [-0.1, -0.05) is 34.8 Å². The molecule has 0 unspecified atom stereocenters. The van der Waals surface area contributed by atoms with Crippen LogP contribution in [0.1, 0.15) is 10.4 Å². The van der Waals surface area contributed by atoms with Crippen molar-refractivity contribution >= 4 is 52.1 Å². The molecule has 3 rings (SSSR count). The van der Waals surface area contributed by atoms with E-state index < -0.39 is 5.91 Å². The van der Waals surface area contributed by atoms with Crippen LogP contribution in [0.25, 0.3) is 0 Å². The summed E-state index contributed by atoms with van der Waals surface area (Å²) in [4.78, 5) is 18.8. The molecular formula is C20H16Cl3N3O2. The number of benzene rings is 2. The predicted molar refractivity (Wildman–Crippen MR) is 115 cm³/mol. The minimum atomic E-state index is -0.397. The molecular weight excluding hydrogens is 421 g/mol. The monoisotopic (exact) mass is 435 g/mol. The van der Waals surface area contributed by atoms with E-state index in [1.54, 1.807) is 36.4 Å². The Morgan fingerprint density at radius 1 is 1.00 bits per heavy atom. The van der Waals surface area contributed by atoms with Gasteiger partial charge in [0, 0.05) is 42.6 Å². The van der Waals surface area contributed by atoms with Crippen molar-refractivity contribution in [1.29, 1.82) is 0 Å². The van der Waals surface area contributed by atoms with Crippen molar-refractivity contribution < 1.29 is 9.53 Å². The second kappa shape index (κ2) is 8.69. The smallest absolute Gasteiger partial charge is 0.261 e. The molecule has 0 radical (unpaired) electrons. The van der Waals surface area contributed by atoms with Crippen LogP contribution in [0.4, 0.5) is 11.4 Å². The number of amides is 1. The number of hydrogen-bond donors (Lipinski definition) is 1. The second-order valence-electron chi connectivity index (χ2n) is 6.06. The first kappa shape index (κ1) is 20.3. The zero-order chi connectivity index (χ0) is 20.3. The molecule has 2 aromatic carbocycles. The van der Waals surface area contributed by atoms with Crippen molar-refractivity contribution in [3.05, 3.63) is 75.5 Å². The third kappa shape index (κ3) is 4.68. The maximum Gasteiger partial charge on any atom is 0.261 e. The maximum atomic E-state index is 12.9. The number of aromatic nitrogens is 1. The maximum absolute atomic E-state index is 12.9. The Kier molecular flexibility index (Phi) is 6.29. The highest BCUT2D eigenvalue weighted by Crippen LogP contribution is 2.34. The van der Waals surface area contributed by atoms with Gasteiger partial charge in [-0.05, 0) is 36.4 Å². The Hall–Kier alpha value is -2.47. The summed E-state index contributed by atoms with van der Waals surface area (Å²) in [5, 5.41) is 4.20. The molecule has 1 amide bonds. The summed E-state index contributed by atoms with van der Waals surface area (Å²) in [7, 11) is 3.75. The summed E-state index contributed by atoms with van der Waals surface area (Å²) < 4.78 is 5.83. The summed E-state index contributed by atoms with van der Waals surface area (Å²) in [5.41, 5.74) is 1.61. The van der Waals surface area contributed by atoms with Crippen LogP contribution in [0.15, 0.2) is 54.9 Å². The number of anilines is 2. The molecule has 0 fully saturated rings. The number of nitrogens with zero attached hydrogens (tertiary/aromatic N) is 2. The van der Waals surface area contributed by atoms with E-state index in [1.807, 2.05) is 25.1 Å². The van der Waals surface area contributed by atoms with E-state index in [4.69, 9.17) is 39.5 Å². The summed E-state index contributed by atoms with van der Waals surface area (Å²) in [5.74, 6) is 0.239. The minimum Gasteiger partial charge on any atom is -0.455 e. The van der Waals surface area contributed by atoms with Crippen molar-refractivity contribution in [2.45, 2.75) is 0 Å². The molecule has 8 heteroatoms. The normalized spacial score (nSPS) is 10.5. The van der Waals surface area contributed by atoms with Crippen LogP contribution in [-0.2, 0) is 0 Å². The molecule has 144 valence electrons. The summed E-state index contributed by atoms with van der Waals surface area (Å²) in [6.07, 6.45) is 2.94. The number of hydrogen-bond acceptors (Lipinski definition) is 4. The first-order valence-corrected chi connectivity index (χ1v) is 9.33. The van der Waals surface area contributed by atoms with Crippen LogP contribution in [0.3, 0.4) is 0 Å². The van der Waals surface area contributed by atoms with Gasteiger partial charge in [0.05, 0.1) is 16.4 Å². The summed E-state index contributed by atoms with van der Waals surface area (Å²) in [6.45, 7) is 0. The third-order valence-corrected chi connectivity index (χ3v) is 4.61. The van der Waals surface area contributed by atoms with Crippen LogP contribution in [0, 0.1) is 0 Å². The Labute approximate surface area is 177 Å². The Bertz CT molecular complexity index is 1030. The van der Waals surface area contributed by atoms with Crippen molar-refractivity contribution in [2.24, 2.45) is 0 Å². The van der Waals surface area contributed by atoms with Gasteiger partial charge in [0.25, 0.3) is 5.91 Å². The standard InChI is InChI=1S/C20H16Cl3N3O2/c1-26(2)17-6-4-12(21)9-16(17)25-20(27)14-11-24-8-7-18(14)28-19-10-13(22)3-5-15(19)23/h3-11H,1-2H3,(H,25,27). The number of ether oxygens (including phenoxy) is 1. The van der Waals surface area contributed by atoms with Gasteiger partial charge < -0.3 is 15.0 Å². The molecule has 3 aromatic rings. The van der Waals surface area contributed by atoms with Crippen LogP contribution < -0.4 is 15.0 Å². The third-order valence-electron chi connectivity index (χ3n) is 3.83. The number of pyridine rings is 1. The first-order chi connectivity index (χ1) is 13.3. The number of nitrogens with one attached hydrogen (secondary N) is 1. The zero-order valence-corrected chi connectivity index (χ0v) is 17.3. The van der Waals surface area contributed by atoms with E-state index in [0.717, 1.165) is 5.69 Å². The Balaban J connectivity index is 1.92. The number of rotatable bonds is 5. The van der Waals surface area contributed by atoms with Crippen LogP contribution >= 0.6 is 34.8 Å². The molecule has 0 aliphatic carbocycles. The Morgan fingerprint density at radius 2 is 1.71 bits per heavy atom. The molecule has 0 bridgehead atoms. The van der Waals surface area contributed by atoms with Crippen LogP contribution in [0.5, 0.6) is 11.5 Å². The van der Waals surface area contributed by atoms with Gasteiger partial charge in [-0.25, -0.2) is 0 Å². The van der Waals surface area contributed by atoms with Crippen molar-refractivity contribution in [3.8, 4) is 11.5 Å². The van der Waals surface area contributed by atoms with Gasteiger partial charge in [0.1, 0.15) is 17.1 Å². The van der Waals surface area contributed by atoms with Gasteiger partial charge in [-0.3, -0.25) is 9.78 Å². The lowest BCUT2D eigenvalue weighted by molar-refractivity contribution is 0.102. The predicted octanol–water partition coefficient (Wildman–Crippen LogP) is 6.15. The van der Waals surface area contributed by atoms with E-state index >= 15 is 0 Å². The molecule has 0 saturated carbocycles. The first-order valence-electron chi connectivity index (χ1n) is 8.20. The number of carbonyl (C=O) groups is 1. The highest BCUT2D eigenvalue weighted by Gasteiger charge is 2.17. The van der Waals surface area contributed by atoms with E-state index in [-0.39, 0.29) is 5.56 Å². The molecule has 5 nitrogen and oxygen atoms in total. The van der Waals surface area contributed by atoms with E-state index in [1.165, 1.54) is 12.4 Å². The van der Waals surface area contributed by atoms with E-state index in [9.17, 15) is 4.79 Å². The zero-order valence-electron chi connectivity index (χ0n) is 15.0. The molecule has 0 spiro atoms. The minimum absolute atomic E-state index is 0.239. The van der Waals surface area contributed by atoms with E-state index in [0.29, 0.717) is 32.3 Å². The fourth-order valence-electron chi connectivity index (χ4n) is 2.50. The second-order valence-corrected chi connectivity index (χ2v) is 7.34. The highest BCUT2D eigenvalue weighted by atomic mass is 35.5. The van der Waals surface area contributed by atoms with Crippen molar-refractivity contribution in [2.75, 3.05) is 24.3 Å². The summed E-state index contributed by atoms with van der Waals surface area (Å²) >= 11 is 18.3. The largest absolute Gasteiger partial charge is 0.455 e. The van der Waals surface area contributed by atoms with Crippen LogP contribution in [0.2, 0.25) is 15.1 Å². The molecule has 0 aliphatic rings. The molecule has 0 atom stereocenters. The molecule has 0 saturated heterocycles. The Morgan fingerprint density at radius 3 is 2.46 bits per heavy atom. The molecule has 1 aromatic heterocycles. The average Bonchev–Trinajstić information content (AvgIpc) is 2.65. The topological polar surface area (TPSA) is 54.5 Å². The van der Waals surface area contributed by atoms with Gasteiger partial charge in [0.15, 0.2) is 0 Å². The van der Waals surface area contributed by atoms with Gasteiger partial charge in [-0.15, -0.1) is 0 Å². The molecule has 1 heterocycles. The van der Waals surface area contributed by atoms with Gasteiger partial charge >= 0.3 is 0 Å². The fraction of sp³-hybridized carbons (Fsp3) is 0.100. The molecule has 0 aliphatic heterocycles. The fourth-order valence-corrected chi connectivity index (χ4v) is 2.99. The highest BCUT2D eigenvalue weighted by molar-refractivity contribution is 6.34. The lowest BCUT2D eigenvalue weighted by Gasteiger charge is -2.19. The molecule has 1 N–H and O–H groups in total. The van der Waals surface area contributed by atoms with Gasteiger partial charge in [-0.2, -0.15) is 0 Å². The number of halogens is 3. The quantitative estimate of drug-likeness (QED) is 0.521. The van der Waals surface area contributed by atoms with Crippen molar-refractivity contribution in [1.82, 2.24) is 4.98 Å². The van der Waals surface area contributed by atoms with Gasteiger partial charge in [0.2, 0.25) is 0 Å². The average molecular weight is 437 g/mol. The molecule has 28 heavy (non-hydrogen) atoms.